The van der Waals surface area contributed by atoms with Crippen molar-refractivity contribution in [2.75, 3.05) is 27.3 Å². The van der Waals surface area contributed by atoms with Crippen LogP contribution < -0.4 is 9.47 Å². The van der Waals surface area contributed by atoms with Gasteiger partial charge in [-0.05, 0) is 25.5 Å². The van der Waals surface area contributed by atoms with Gasteiger partial charge in [0.05, 0.1) is 13.2 Å². The van der Waals surface area contributed by atoms with Crippen LogP contribution in [0.15, 0.2) is 24.3 Å². The molecule has 0 bridgehead atoms. The summed E-state index contributed by atoms with van der Waals surface area (Å²) in [5.41, 5.74) is 0. The molecule has 0 spiro atoms. The number of aliphatic hydroxyl groups is 1. The van der Waals surface area contributed by atoms with Crippen molar-refractivity contribution in [1.82, 2.24) is 4.90 Å². The molecule has 1 N–H and O–H groups in total. The highest BCUT2D eigenvalue weighted by atomic mass is 16.5. The van der Waals surface area contributed by atoms with Crippen LogP contribution in [0.25, 0.3) is 0 Å². The summed E-state index contributed by atoms with van der Waals surface area (Å²) in [7, 11) is 3.25. The fourth-order valence-corrected chi connectivity index (χ4v) is 1.49. The third kappa shape index (κ3) is 5.18. The van der Waals surface area contributed by atoms with E-state index in [1.54, 1.807) is 38.1 Å². The van der Waals surface area contributed by atoms with E-state index in [0.717, 1.165) is 0 Å². The van der Waals surface area contributed by atoms with Crippen molar-refractivity contribution in [3.8, 4) is 11.5 Å². The van der Waals surface area contributed by atoms with Crippen LogP contribution in [0.3, 0.4) is 0 Å². The molecule has 1 aromatic carbocycles. The Morgan fingerprint density at radius 2 is 2.00 bits per heavy atom. The average molecular weight is 267 g/mol. The molecule has 1 amide bonds. The molecule has 0 fully saturated rings. The number of nitrogens with zero attached hydrogens (tertiary/aromatic N) is 1. The number of para-hydroxylation sites is 2. The number of rotatable bonds is 7. The average Bonchev–Trinajstić information content (AvgIpc) is 2.42. The van der Waals surface area contributed by atoms with E-state index in [2.05, 4.69) is 0 Å². The SMILES string of the molecule is COc1ccccc1OCC(=O)N(C)CCC(C)O. The number of aliphatic hydroxyl groups excluding tert-OH is 1. The van der Waals surface area contributed by atoms with E-state index in [0.29, 0.717) is 24.5 Å². The summed E-state index contributed by atoms with van der Waals surface area (Å²) in [6.45, 7) is 2.16. The third-order valence-corrected chi connectivity index (χ3v) is 2.73. The Balaban J connectivity index is 2.45. The van der Waals surface area contributed by atoms with Crippen molar-refractivity contribution in [1.29, 1.82) is 0 Å². The second-order valence-corrected chi connectivity index (χ2v) is 4.39. The lowest BCUT2D eigenvalue weighted by atomic mass is 10.3. The van der Waals surface area contributed by atoms with E-state index in [9.17, 15) is 9.90 Å². The largest absolute Gasteiger partial charge is 0.493 e. The van der Waals surface area contributed by atoms with Gasteiger partial charge in [0.1, 0.15) is 0 Å². The Bertz CT molecular complexity index is 406. The number of hydrogen-bond donors (Lipinski definition) is 1. The van der Waals surface area contributed by atoms with E-state index in [1.807, 2.05) is 12.1 Å². The maximum absolute atomic E-state index is 11.8. The molecule has 106 valence electrons. The summed E-state index contributed by atoms with van der Waals surface area (Å²) in [5.74, 6) is 1.01. The second-order valence-electron chi connectivity index (χ2n) is 4.39. The number of amides is 1. The Hall–Kier alpha value is -1.75. The first-order valence-corrected chi connectivity index (χ1v) is 6.22. The molecule has 0 aliphatic carbocycles. The first-order chi connectivity index (χ1) is 9.04. The Kier molecular flexibility index (Phi) is 6.15. The fourth-order valence-electron chi connectivity index (χ4n) is 1.49. The molecule has 1 aromatic rings. The number of carbonyl (C=O) groups excluding carboxylic acids is 1. The molecule has 0 aliphatic heterocycles. The van der Waals surface area contributed by atoms with Gasteiger partial charge in [-0.25, -0.2) is 0 Å². The van der Waals surface area contributed by atoms with Gasteiger partial charge in [-0.3, -0.25) is 4.79 Å². The highest BCUT2D eigenvalue weighted by Crippen LogP contribution is 2.25. The highest BCUT2D eigenvalue weighted by Gasteiger charge is 2.11. The maximum Gasteiger partial charge on any atom is 0.260 e. The third-order valence-electron chi connectivity index (χ3n) is 2.73. The summed E-state index contributed by atoms with van der Waals surface area (Å²) in [5, 5.41) is 9.17. The van der Waals surface area contributed by atoms with Crippen molar-refractivity contribution >= 4 is 5.91 Å². The van der Waals surface area contributed by atoms with Crippen LogP contribution in [0.4, 0.5) is 0 Å². The minimum atomic E-state index is -0.412. The summed E-state index contributed by atoms with van der Waals surface area (Å²) in [6.07, 6.45) is 0.141. The summed E-state index contributed by atoms with van der Waals surface area (Å²) < 4.78 is 10.6. The minimum Gasteiger partial charge on any atom is -0.493 e. The van der Waals surface area contributed by atoms with Gasteiger partial charge in [-0.15, -0.1) is 0 Å². The van der Waals surface area contributed by atoms with Crippen LogP contribution >= 0.6 is 0 Å². The lowest BCUT2D eigenvalue weighted by molar-refractivity contribution is -0.132. The van der Waals surface area contributed by atoms with Crippen molar-refractivity contribution in [2.24, 2.45) is 0 Å². The normalized spacial score (nSPS) is 11.8. The van der Waals surface area contributed by atoms with Crippen molar-refractivity contribution in [2.45, 2.75) is 19.4 Å². The number of carbonyl (C=O) groups is 1. The van der Waals surface area contributed by atoms with Crippen LogP contribution in [-0.2, 0) is 4.79 Å². The van der Waals surface area contributed by atoms with E-state index >= 15 is 0 Å². The molecule has 0 heterocycles. The molecule has 1 unspecified atom stereocenters. The van der Waals surface area contributed by atoms with Gasteiger partial charge in [-0.1, -0.05) is 12.1 Å². The topological polar surface area (TPSA) is 59.0 Å². The zero-order valence-corrected chi connectivity index (χ0v) is 11.6. The summed E-state index contributed by atoms with van der Waals surface area (Å²) >= 11 is 0. The predicted molar refractivity (Wildman–Crippen MR) is 72.4 cm³/mol. The molecular formula is C14H21NO4. The first-order valence-electron chi connectivity index (χ1n) is 6.22. The lowest BCUT2D eigenvalue weighted by Crippen LogP contribution is -2.33. The maximum atomic E-state index is 11.8. The number of benzene rings is 1. The van der Waals surface area contributed by atoms with Crippen molar-refractivity contribution < 1.29 is 19.4 Å². The van der Waals surface area contributed by atoms with E-state index in [4.69, 9.17) is 9.47 Å². The fraction of sp³-hybridized carbons (Fsp3) is 0.500. The Morgan fingerprint density at radius 1 is 1.37 bits per heavy atom. The van der Waals surface area contributed by atoms with Gasteiger partial charge in [0.25, 0.3) is 5.91 Å². The van der Waals surface area contributed by atoms with E-state index in [-0.39, 0.29) is 12.5 Å². The van der Waals surface area contributed by atoms with Gasteiger partial charge in [-0.2, -0.15) is 0 Å². The molecule has 1 atom stereocenters. The second kappa shape index (κ2) is 7.63. The number of methoxy groups -OCH3 is 1. The van der Waals surface area contributed by atoms with Crippen molar-refractivity contribution in [3.63, 3.8) is 0 Å². The van der Waals surface area contributed by atoms with Crippen LogP contribution in [0.5, 0.6) is 11.5 Å². The summed E-state index contributed by atoms with van der Waals surface area (Å²) in [6, 6.07) is 7.18. The van der Waals surface area contributed by atoms with Gasteiger partial charge < -0.3 is 19.5 Å². The van der Waals surface area contributed by atoms with Gasteiger partial charge in [0, 0.05) is 13.6 Å². The molecule has 0 aromatic heterocycles. The molecular weight excluding hydrogens is 246 g/mol. The summed E-state index contributed by atoms with van der Waals surface area (Å²) in [4.78, 5) is 13.4. The van der Waals surface area contributed by atoms with Crippen molar-refractivity contribution in [3.05, 3.63) is 24.3 Å². The number of ether oxygens (including phenoxy) is 2. The first kappa shape index (κ1) is 15.3. The molecule has 19 heavy (non-hydrogen) atoms. The minimum absolute atomic E-state index is 0.0450. The zero-order valence-electron chi connectivity index (χ0n) is 11.6. The molecule has 5 nitrogen and oxygen atoms in total. The zero-order chi connectivity index (χ0) is 14.3. The van der Waals surface area contributed by atoms with E-state index < -0.39 is 6.10 Å². The van der Waals surface area contributed by atoms with Gasteiger partial charge in [0.2, 0.25) is 0 Å². The van der Waals surface area contributed by atoms with Crippen LogP contribution in [0, 0.1) is 0 Å². The predicted octanol–water partition coefficient (Wildman–Crippen LogP) is 1.30. The lowest BCUT2D eigenvalue weighted by Gasteiger charge is -2.18. The molecule has 0 saturated heterocycles. The highest BCUT2D eigenvalue weighted by molar-refractivity contribution is 5.77. The molecule has 0 saturated carbocycles. The van der Waals surface area contributed by atoms with Crippen LogP contribution in [-0.4, -0.2) is 49.3 Å². The van der Waals surface area contributed by atoms with Gasteiger partial charge in [0.15, 0.2) is 18.1 Å². The monoisotopic (exact) mass is 267 g/mol. The molecule has 5 heteroatoms. The number of likely N-dealkylation sites (N-methyl/N-ethyl adjacent to an activating group) is 1. The Labute approximate surface area is 113 Å². The van der Waals surface area contributed by atoms with Crippen LogP contribution in [0.2, 0.25) is 0 Å². The molecule has 0 radical (unpaired) electrons. The standard InChI is InChI=1S/C14H21NO4/c1-11(16)8-9-15(2)14(17)10-19-13-7-5-4-6-12(13)18-3/h4-7,11,16H,8-10H2,1-3H3. The van der Waals surface area contributed by atoms with Gasteiger partial charge >= 0.3 is 0 Å². The molecule has 0 aliphatic rings. The smallest absolute Gasteiger partial charge is 0.260 e. The van der Waals surface area contributed by atoms with E-state index in [1.165, 1.54) is 0 Å². The Morgan fingerprint density at radius 3 is 2.58 bits per heavy atom. The molecule has 1 rings (SSSR count). The number of hydrogen-bond acceptors (Lipinski definition) is 4. The quantitative estimate of drug-likeness (QED) is 0.809. The van der Waals surface area contributed by atoms with Crippen LogP contribution in [0.1, 0.15) is 13.3 Å².